The van der Waals surface area contributed by atoms with Crippen molar-refractivity contribution in [1.29, 1.82) is 0 Å². The Morgan fingerprint density at radius 1 is 1.35 bits per heavy atom. The average Bonchev–Trinajstić information content (AvgIpc) is 2.45. The van der Waals surface area contributed by atoms with Crippen molar-refractivity contribution in [2.24, 2.45) is 11.0 Å². The minimum atomic E-state index is -0.0715. The van der Waals surface area contributed by atoms with E-state index in [-0.39, 0.29) is 18.4 Å². The number of hydrogen-bond acceptors (Lipinski definition) is 3. The third-order valence-electron chi connectivity index (χ3n) is 3.62. The van der Waals surface area contributed by atoms with Crippen molar-refractivity contribution in [3.05, 3.63) is 35.4 Å². The number of hydrogen-bond donors (Lipinski definition) is 1. The molecule has 0 saturated carbocycles. The monoisotopic (exact) mass is 274 g/mol. The lowest BCUT2D eigenvalue weighted by molar-refractivity contribution is -0.137. The Bertz CT molecular complexity index is 494. The number of aryl methyl sites for hydroxylation is 1. The van der Waals surface area contributed by atoms with E-state index in [1.165, 1.54) is 10.6 Å². The molecule has 2 rings (SSSR count). The quantitative estimate of drug-likeness (QED) is 0.897. The number of rotatable bonds is 5. The smallest absolute Gasteiger partial charge is 0.246 e. The minimum Gasteiger partial charge on any atom is -0.390 e. The first-order chi connectivity index (χ1) is 9.63. The molecule has 0 fully saturated rings. The molecule has 1 amide bonds. The molecule has 1 atom stereocenters. The Kier molecular flexibility index (Phi) is 4.90. The Morgan fingerprint density at radius 2 is 2.05 bits per heavy atom. The molecule has 0 bridgehead atoms. The van der Waals surface area contributed by atoms with Gasteiger partial charge in [-0.3, -0.25) is 4.79 Å². The first-order valence-electron chi connectivity index (χ1n) is 7.18. The molecule has 0 aliphatic carbocycles. The van der Waals surface area contributed by atoms with Crippen molar-refractivity contribution in [3.8, 4) is 0 Å². The van der Waals surface area contributed by atoms with Gasteiger partial charge in [-0.1, -0.05) is 43.2 Å². The molecule has 0 saturated heterocycles. The molecule has 1 aliphatic rings. The fourth-order valence-corrected chi connectivity index (χ4v) is 2.49. The van der Waals surface area contributed by atoms with E-state index in [0.29, 0.717) is 18.7 Å². The molecule has 4 nitrogen and oxygen atoms in total. The van der Waals surface area contributed by atoms with Gasteiger partial charge in [0.15, 0.2) is 0 Å². The summed E-state index contributed by atoms with van der Waals surface area (Å²) in [5.74, 6) is 0.0368. The van der Waals surface area contributed by atoms with Gasteiger partial charge in [-0.25, -0.2) is 5.01 Å². The third kappa shape index (κ3) is 3.45. The molecule has 0 aromatic heterocycles. The van der Waals surface area contributed by atoms with E-state index in [1.807, 2.05) is 31.2 Å². The maximum atomic E-state index is 12.4. The van der Waals surface area contributed by atoms with Crippen LogP contribution in [0.3, 0.4) is 0 Å². The fourth-order valence-electron chi connectivity index (χ4n) is 2.49. The lowest BCUT2D eigenvalue weighted by Gasteiger charge is -2.29. The van der Waals surface area contributed by atoms with Crippen molar-refractivity contribution in [3.63, 3.8) is 0 Å². The summed E-state index contributed by atoms with van der Waals surface area (Å²) in [6, 6.07) is 8.09. The SMILES string of the molecule is CCCC1CC(CO)=NN(Cc2ccc(C)cc2)C1=O. The summed E-state index contributed by atoms with van der Waals surface area (Å²) in [5, 5.41) is 15.1. The number of carbonyl (C=O) groups excluding carboxylic acids is 1. The molecule has 0 spiro atoms. The predicted molar refractivity (Wildman–Crippen MR) is 79.3 cm³/mol. The molecular weight excluding hydrogens is 252 g/mol. The number of aliphatic hydroxyl groups is 1. The van der Waals surface area contributed by atoms with Crippen LogP contribution >= 0.6 is 0 Å². The van der Waals surface area contributed by atoms with E-state index < -0.39 is 0 Å². The van der Waals surface area contributed by atoms with Crippen molar-refractivity contribution in [2.45, 2.75) is 39.7 Å². The summed E-state index contributed by atoms with van der Waals surface area (Å²) in [6.45, 7) is 4.51. The van der Waals surface area contributed by atoms with Crippen LogP contribution in [0.2, 0.25) is 0 Å². The largest absolute Gasteiger partial charge is 0.390 e. The minimum absolute atomic E-state index is 0.0369. The lowest BCUT2D eigenvalue weighted by Crippen LogP contribution is -2.39. The summed E-state index contributed by atoms with van der Waals surface area (Å²) in [4.78, 5) is 12.4. The van der Waals surface area contributed by atoms with Crippen LogP contribution in [-0.4, -0.2) is 28.3 Å². The standard InChI is InChI=1S/C16H22N2O2/c1-3-4-14-9-15(11-19)17-18(16(14)20)10-13-7-5-12(2)6-8-13/h5-8,14,19H,3-4,9-11H2,1-2H3. The zero-order valence-corrected chi connectivity index (χ0v) is 12.2. The van der Waals surface area contributed by atoms with Gasteiger partial charge in [0.05, 0.1) is 18.9 Å². The number of amides is 1. The summed E-state index contributed by atoms with van der Waals surface area (Å²) in [6.07, 6.45) is 2.41. The van der Waals surface area contributed by atoms with Gasteiger partial charge in [0, 0.05) is 12.3 Å². The van der Waals surface area contributed by atoms with E-state index in [0.717, 1.165) is 18.4 Å². The predicted octanol–water partition coefficient (Wildman–Crippen LogP) is 2.49. The molecule has 1 aliphatic heterocycles. The zero-order valence-electron chi connectivity index (χ0n) is 12.2. The molecular formula is C16H22N2O2. The normalized spacial score (nSPS) is 19.1. The van der Waals surface area contributed by atoms with Gasteiger partial charge >= 0.3 is 0 Å². The van der Waals surface area contributed by atoms with Crippen LogP contribution in [0.4, 0.5) is 0 Å². The first-order valence-corrected chi connectivity index (χ1v) is 7.18. The molecule has 1 N–H and O–H groups in total. The van der Waals surface area contributed by atoms with Crippen LogP contribution in [0.15, 0.2) is 29.4 Å². The number of carbonyl (C=O) groups is 1. The van der Waals surface area contributed by atoms with Crippen molar-refractivity contribution in [1.82, 2.24) is 5.01 Å². The number of benzene rings is 1. The van der Waals surface area contributed by atoms with Crippen LogP contribution in [0.5, 0.6) is 0 Å². The molecule has 20 heavy (non-hydrogen) atoms. The average molecular weight is 274 g/mol. The molecule has 108 valence electrons. The van der Waals surface area contributed by atoms with Crippen LogP contribution in [-0.2, 0) is 11.3 Å². The van der Waals surface area contributed by atoms with E-state index in [4.69, 9.17) is 0 Å². The van der Waals surface area contributed by atoms with Crippen LogP contribution in [0.1, 0.15) is 37.3 Å². The van der Waals surface area contributed by atoms with Crippen LogP contribution < -0.4 is 0 Å². The molecule has 1 heterocycles. The van der Waals surface area contributed by atoms with Crippen molar-refractivity contribution < 1.29 is 9.90 Å². The van der Waals surface area contributed by atoms with Gasteiger partial charge in [-0.15, -0.1) is 0 Å². The van der Waals surface area contributed by atoms with Crippen molar-refractivity contribution in [2.75, 3.05) is 6.61 Å². The highest BCUT2D eigenvalue weighted by molar-refractivity contribution is 5.94. The summed E-state index contributed by atoms with van der Waals surface area (Å²) >= 11 is 0. The highest BCUT2D eigenvalue weighted by atomic mass is 16.3. The Hall–Kier alpha value is -1.68. The number of hydrazone groups is 1. The van der Waals surface area contributed by atoms with E-state index in [2.05, 4.69) is 12.0 Å². The van der Waals surface area contributed by atoms with Crippen LogP contribution in [0.25, 0.3) is 0 Å². The number of aliphatic hydroxyl groups excluding tert-OH is 1. The van der Waals surface area contributed by atoms with Gasteiger partial charge in [0.1, 0.15) is 0 Å². The number of nitrogens with zero attached hydrogens (tertiary/aromatic N) is 2. The van der Waals surface area contributed by atoms with Gasteiger partial charge < -0.3 is 5.11 Å². The molecule has 1 aromatic rings. The lowest BCUT2D eigenvalue weighted by atomic mass is 9.94. The Morgan fingerprint density at radius 3 is 2.65 bits per heavy atom. The molecule has 0 radical (unpaired) electrons. The van der Waals surface area contributed by atoms with E-state index in [9.17, 15) is 9.90 Å². The van der Waals surface area contributed by atoms with E-state index in [1.54, 1.807) is 0 Å². The maximum absolute atomic E-state index is 12.4. The summed E-state index contributed by atoms with van der Waals surface area (Å²) in [5.41, 5.74) is 2.96. The highest BCUT2D eigenvalue weighted by Gasteiger charge is 2.29. The second-order valence-electron chi connectivity index (χ2n) is 5.40. The Labute approximate surface area is 120 Å². The highest BCUT2D eigenvalue weighted by Crippen LogP contribution is 2.22. The van der Waals surface area contributed by atoms with Gasteiger partial charge in [0.2, 0.25) is 5.91 Å². The zero-order chi connectivity index (χ0) is 14.5. The van der Waals surface area contributed by atoms with Gasteiger partial charge in [-0.05, 0) is 18.9 Å². The maximum Gasteiger partial charge on any atom is 0.246 e. The second kappa shape index (κ2) is 6.66. The van der Waals surface area contributed by atoms with Crippen molar-refractivity contribution >= 4 is 11.6 Å². The third-order valence-corrected chi connectivity index (χ3v) is 3.62. The Balaban J connectivity index is 2.15. The second-order valence-corrected chi connectivity index (χ2v) is 5.40. The molecule has 1 unspecified atom stereocenters. The molecule has 1 aromatic carbocycles. The summed E-state index contributed by atoms with van der Waals surface area (Å²) < 4.78 is 0. The summed E-state index contributed by atoms with van der Waals surface area (Å²) in [7, 11) is 0. The van der Waals surface area contributed by atoms with E-state index >= 15 is 0 Å². The topological polar surface area (TPSA) is 52.9 Å². The van der Waals surface area contributed by atoms with Crippen LogP contribution in [0, 0.1) is 12.8 Å². The molecule has 4 heteroatoms. The van der Waals surface area contributed by atoms with Gasteiger partial charge in [-0.2, -0.15) is 5.10 Å². The van der Waals surface area contributed by atoms with Gasteiger partial charge in [0.25, 0.3) is 0 Å². The first kappa shape index (κ1) is 14.7. The fraction of sp³-hybridized carbons (Fsp3) is 0.500.